The van der Waals surface area contributed by atoms with E-state index < -0.39 is 5.91 Å². The minimum atomic E-state index is -0.476. The normalized spacial score (nSPS) is 16.0. The van der Waals surface area contributed by atoms with Crippen LogP contribution in [-0.4, -0.2) is 47.1 Å². The number of carbonyl (C=O) groups excluding carboxylic acids is 2. The van der Waals surface area contributed by atoms with Crippen molar-refractivity contribution in [2.45, 2.75) is 26.1 Å². The molecule has 3 rings (SSSR count). The lowest BCUT2D eigenvalue weighted by Crippen LogP contribution is -2.43. The summed E-state index contributed by atoms with van der Waals surface area (Å²) < 4.78 is 11.9. The summed E-state index contributed by atoms with van der Waals surface area (Å²) in [6.07, 6.45) is 0. The molecule has 0 aliphatic carbocycles. The smallest absolute Gasteiger partial charge is 0.274 e. The molecule has 9 nitrogen and oxygen atoms in total. The standard InChI is InChI=1S/C16H19N5O4/c1-9-8-21-14(16(23)18-9)13(19-20-21)15(22)17-7-10-6-11(24-2)4-5-12(10)25-3/h4-6,9H,7-8H2,1-3H3,(H,17,22)(H,18,23)/t9-/m0/s1. The highest BCUT2D eigenvalue weighted by atomic mass is 16.5. The second-order valence-corrected chi connectivity index (χ2v) is 5.70. The summed E-state index contributed by atoms with van der Waals surface area (Å²) in [7, 11) is 3.11. The first-order valence-corrected chi connectivity index (χ1v) is 7.77. The average Bonchev–Trinajstić information content (AvgIpc) is 3.03. The maximum atomic E-state index is 12.5. The molecule has 0 saturated heterocycles. The van der Waals surface area contributed by atoms with Gasteiger partial charge in [-0.2, -0.15) is 0 Å². The topological polar surface area (TPSA) is 107 Å². The molecule has 0 bridgehead atoms. The van der Waals surface area contributed by atoms with Gasteiger partial charge in [-0.3, -0.25) is 9.59 Å². The second kappa shape index (κ2) is 6.80. The van der Waals surface area contributed by atoms with Crippen molar-refractivity contribution >= 4 is 11.8 Å². The van der Waals surface area contributed by atoms with E-state index in [1.165, 1.54) is 4.68 Å². The number of ether oxygens (including phenoxy) is 2. The van der Waals surface area contributed by atoms with Crippen LogP contribution in [-0.2, 0) is 13.1 Å². The van der Waals surface area contributed by atoms with Crippen LogP contribution >= 0.6 is 0 Å². The van der Waals surface area contributed by atoms with Gasteiger partial charge in [-0.25, -0.2) is 4.68 Å². The number of carbonyl (C=O) groups is 2. The Morgan fingerprint density at radius 3 is 2.92 bits per heavy atom. The number of nitrogens with zero attached hydrogens (tertiary/aromatic N) is 3. The highest BCUT2D eigenvalue weighted by Gasteiger charge is 2.30. The summed E-state index contributed by atoms with van der Waals surface area (Å²) in [6, 6.07) is 5.24. The summed E-state index contributed by atoms with van der Waals surface area (Å²) in [5.41, 5.74) is 0.925. The summed E-state index contributed by atoms with van der Waals surface area (Å²) in [5.74, 6) is 0.445. The van der Waals surface area contributed by atoms with Gasteiger partial charge < -0.3 is 20.1 Å². The number of hydrogen-bond donors (Lipinski definition) is 2. The zero-order valence-corrected chi connectivity index (χ0v) is 14.2. The van der Waals surface area contributed by atoms with Crippen molar-refractivity contribution in [2.75, 3.05) is 14.2 Å². The van der Waals surface area contributed by atoms with Crippen LogP contribution in [0.3, 0.4) is 0 Å². The van der Waals surface area contributed by atoms with E-state index >= 15 is 0 Å². The van der Waals surface area contributed by atoms with Gasteiger partial charge in [0.05, 0.1) is 20.8 Å². The van der Waals surface area contributed by atoms with E-state index in [2.05, 4.69) is 20.9 Å². The lowest BCUT2D eigenvalue weighted by Gasteiger charge is -2.20. The molecule has 9 heteroatoms. The number of aromatic nitrogens is 3. The first-order valence-electron chi connectivity index (χ1n) is 7.77. The van der Waals surface area contributed by atoms with Crippen molar-refractivity contribution in [2.24, 2.45) is 0 Å². The number of benzene rings is 1. The Labute approximate surface area is 144 Å². The highest BCUT2D eigenvalue weighted by Crippen LogP contribution is 2.24. The third-order valence-electron chi connectivity index (χ3n) is 3.92. The van der Waals surface area contributed by atoms with Crippen LogP contribution in [0.5, 0.6) is 11.5 Å². The molecule has 1 aromatic carbocycles. The molecule has 1 aliphatic heterocycles. The molecule has 0 saturated carbocycles. The molecule has 0 unspecified atom stereocenters. The molecule has 2 amide bonds. The first kappa shape index (κ1) is 16.7. The number of methoxy groups -OCH3 is 2. The Kier molecular flexibility index (Phi) is 4.55. The van der Waals surface area contributed by atoms with Gasteiger partial charge in [-0.05, 0) is 25.1 Å². The molecule has 132 valence electrons. The van der Waals surface area contributed by atoms with Crippen molar-refractivity contribution in [3.63, 3.8) is 0 Å². The van der Waals surface area contributed by atoms with Gasteiger partial charge in [-0.1, -0.05) is 5.21 Å². The summed E-state index contributed by atoms with van der Waals surface area (Å²) in [4.78, 5) is 24.6. The molecular weight excluding hydrogens is 326 g/mol. The number of rotatable bonds is 5. The minimum absolute atomic E-state index is 0.00580. The number of fused-ring (bicyclic) bond motifs is 1. The van der Waals surface area contributed by atoms with Gasteiger partial charge in [0.15, 0.2) is 11.4 Å². The largest absolute Gasteiger partial charge is 0.497 e. The van der Waals surface area contributed by atoms with Crippen LogP contribution in [0.15, 0.2) is 18.2 Å². The molecule has 0 radical (unpaired) electrons. The molecule has 2 aromatic rings. The van der Waals surface area contributed by atoms with Crippen LogP contribution in [0.4, 0.5) is 0 Å². The number of nitrogens with one attached hydrogen (secondary N) is 2. The Morgan fingerprint density at radius 2 is 2.20 bits per heavy atom. The zero-order valence-electron chi connectivity index (χ0n) is 14.2. The van der Waals surface area contributed by atoms with Crippen LogP contribution in [0.25, 0.3) is 0 Å². The van der Waals surface area contributed by atoms with E-state index in [0.717, 1.165) is 5.56 Å². The summed E-state index contributed by atoms with van der Waals surface area (Å²) >= 11 is 0. The van der Waals surface area contributed by atoms with E-state index in [-0.39, 0.29) is 29.9 Å². The zero-order chi connectivity index (χ0) is 18.0. The van der Waals surface area contributed by atoms with Crippen LogP contribution in [0.2, 0.25) is 0 Å². The van der Waals surface area contributed by atoms with Crippen molar-refractivity contribution in [1.29, 1.82) is 0 Å². The fourth-order valence-corrected chi connectivity index (χ4v) is 2.70. The average molecular weight is 345 g/mol. The fourth-order valence-electron chi connectivity index (χ4n) is 2.70. The van der Waals surface area contributed by atoms with E-state index in [4.69, 9.17) is 9.47 Å². The minimum Gasteiger partial charge on any atom is -0.497 e. The molecule has 1 atom stereocenters. The molecule has 0 spiro atoms. The maximum absolute atomic E-state index is 12.5. The van der Waals surface area contributed by atoms with Gasteiger partial charge in [0, 0.05) is 18.2 Å². The van der Waals surface area contributed by atoms with Gasteiger partial charge in [-0.15, -0.1) is 5.10 Å². The Morgan fingerprint density at radius 1 is 1.40 bits per heavy atom. The highest BCUT2D eigenvalue weighted by molar-refractivity contribution is 6.05. The third kappa shape index (κ3) is 3.25. The van der Waals surface area contributed by atoms with Crippen molar-refractivity contribution in [3.8, 4) is 11.5 Å². The van der Waals surface area contributed by atoms with Gasteiger partial charge in [0.25, 0.3) is 11.8 Å². The Bertz CT molecular complexity index is 817. The van der Waals surface area contributed by atoms with Gasteiger partial charge in [0.2, 0.25) is 0 Å². The molecule has 1 aliphatic rings. The molecule has 2 N–H and O–H groups in total. The van der Waals surface area contributed by atoms with E-state index in [0.29, 0.717) is 18.0 Å². The third-order valence-corrected chi connectivity index (χ3v) is 3.92. The Hall–Kier alpha value is -3.10. The molecule has 2 heterocycles. The predicted molar refractivity (Wildman–Crippen MR) is 87.7 cm³/mol. The molecule has 0 fully saturated rings. The maximum Gasteiger partial charge on any atom is 0.274 e. The van der Waals surface area contributed by atoms with Crippen molar-refractivity contribution in [3.05, 3.63) is 35.2 Å². The summed E-state index contributed by atoms with van der Waals surface area (Å²) in [6.45, 7) is 2.53. The SMILES string of the molecule is COc1ccc(OC)c(CNC(=O)c2nnn3c2C(=O)N[C@@H](C)C3)c1. The number of amides is 2. The first-order chi connectivity index (χ1) is 12.0. The second-order valence-electron chi connectivity index (χ2n) is 5.70. The fraction of sp³-hybridized carbons (Fsp3) is 0.375. The van der Waals surface area contributed by atoms with Gasteiger partial charge in [0.1, 0.15) is 11.5 Å². The Balaban J connectivity index is 1.77. The van der Waals surface area contributed by atoms with Crippen LogP contribution in [0.1, 0.15) is 33.5 Å². The van der Waals surface area contributed by atoms with E-state index in [1.54, 1.807) is 32.4 Å². The lowest BCUT2D eigenvalue weighted by atomic mass is 10.1. The van der Waals surface area contributed by atoms with Crippen LogP contribution < -0.4 is 20.1 Å². The lowest BCUT2D eigenvalue weighted by molar-refractivity contribution is 0.0880. The van der Waals surface area contributed by atoms with Gasteiger partial charge >= 0.3 is 0 Å². The molecule has 25 heavy (non-hydrogen) atoms. The monoisotopic (exact) mass is 345 g/mol. The van der Waals surface area contributed by atoms with E-state index in [9.17, 15) is 9.59 Å². The number of hydrogen-bond acceptors (Lipinski definition) is 6. The van der Waals surface area contributed by atoms with Crippen molar-refractivity contribution < 1.29 is 19.1 Å². The van der Waals surface area contributed by atoms with Crippen molar-refractivity contribution in [1.82, 2.24) is 25.6 Å². The predicted octanol–water partition coefficient (Wildman–Crippen LogP) is 0.357. The molecule has 1 aromatic heterocycles. The van der Waals surface area contributed by atoms with Crippen LogP contribution in [0, 0.1) is 0 Å². The summed E-state index contributed by atoms with van der Waals surface area (Å²) in [5, 5.41) is 13.3. The quantitative estimate of drug-likeness (QED) is 0.810. The van der Waals surface area contributed by atoms with E-state index in [1.807, 2.05) is 6.92 Å². The molecular formula is C16H19N5O4.